The molecule has 0 amide bonds. The Labute approximate surface area is 600 Å². The lowest BCUT2D eigenvalue weighted by atomic mass is 9.95. The first-order valence-corrected chi connectivity index (χ1v) is 34.6. The maximum absolute atomic E-state index is 5.32. The number of aromatic nitrogens is 10. The van der Waals surface area contributed by atoms with Gasteiger partial charge in [-0.25, -0.2) is 39.9 Å². The summed E-state index contributed by atoms with van der Waals surface area (Å²) in [6, 6.07) is 121. The maximum atomic E-state index is 5.32. The minimum absolute atomic E-state index is 0.583. The van der Waals surface area contributed by atoms with Crippen molar-refractivity contribution >= 4 is 54.4 Å². The molecule has 0 aliphatic carbocycles. The third-order valence-electron chi connectivity index (χ3n) is 18.8. The molecule has 0 aliphatic rings. The predicted molar refractivity (Wildman–Crippen MR) is 424 cm³/mol. The van der Waals surface area contributed by atoms with Crippen molar-refractivity contribution < 1.29 is 0 Å². The molecule has 0 bridgehead atoms. The Kier molecular flexibility index (Phi) is 16.4. The molecule has 19 aromatic rings. The molecule has 11 aromatic carbocycles. The molecule has 0 saturated heterocycles. The van der Waals surface area contributed by atoms with Crippen LogP contribution in [0, 0.1) is 0 Å². The number of benzene rings is 11. The van der Waals surface area contributed by atoms with Gasteiger partial charge < -0.3 is 0 Å². The van der Waals surface area contributed by atoms with Crippen molar-refractivity contribution in [2.45, 2.75) is 0 Å². The van der Waals surface area contributed by atoms with Gasteiger partial charge in [0.2, 0.25) is 0 Å². The molecule has 8 heterocycles. The fourth-order valence-corrected chi connectivity index (χ4v) is 13.6. The molecule has 486 valence electrons. The quantitative estimate of drug-likeness (QED) is 0.109. The van der Waals surface area contributed by atoms with Gasteiger partial charge in [-0.15, -0.1) is 0 Å². The first-order valence-electron chi connectivity index (χ1n) is 34.6. The molecular weight excluding hydrogens is 1270 g/mol. The molecule has 0 N–H and O–H groups in total. The molecule has 0 atom stereocenters. The van der Waals surface area contributed by atoms with Crippen LogP contribution in [0.2, 0.25) is 0 Å². The largest absolute Gasteiger partial charge is 0.255 e. The van der Waals surface area contributed by atoms with Crippen molar-refractivity contribution in [1.29, 1.82) is 0 Å². The van der Waals surface area contributed by atoms with Gasteiger partial charge in [-0.3, -0.25) is 9.97 Å². The van der Waals surface area contributed by atoms with E-state index < -0.39 is 0 Å². The highest BCUT2D eigenvalue weighted by Crippen LogP contribution is 2.41. The Morgan fingerprint density at radius 3 is 1.03 bits per heavy atom. The van der Waals surface area contributed by atoms with Gasteiger partial charge in [0.05, 0.1) is 73.3 Å². The van der Waals surface area contributed by atoms with Crippen molar-refractivity contribution in [2.75, 3.05) is 0 Å². The van der Waals surface area contributed by atoms with E-state index in [0.717, 1.165) is 167 Å². The van der Waals surface area contributed by atoms with Gasteiger partial charge in [0.15, 0.2) is 11.6 Å². The molecule has 10 nitrogen and oxygen atoms in total. The van der Waals surface area contributed by atoms with Gasteiger partial charge in [-0.1, -0.05) is 273 Å². The van der Waals surface area contributed by atoms with E-state index in [1.165, 1.54) is 10.8 Å². The number of pyridine rings is 6. The van der Waals surface area contributed by atoms with E-state index in [1.807, 2.05) is 109 Å². The Hall–Kier alpha value is -14.2. The molecular formula is C94H60N10. The topological polar surface area (TPSA) is 129 Å². The Morgan fingerprint density at radius 1 is 0.154 bits per heavy atom. The van der Waals surface area contributed by atoms with Crippen LogP contribution in [0.25, 0.3) is 190 Å². The normalized spacial score (nSPS) is 11.3. The zero-order valence-corrected chi connectivity index (χ0v) is 56.1. The number of hydrogen-bond acceptors (Lipinski definition) is 10. The lowest BCUT2D eigenvalue weighted by molar-refractivity contribution is 1.15. The van der Waals surface area contributed by atoms with Crippen molar-refractivity contribution in [1.82, 2.24) is 49.8 Å². The van der Waals surface area contributed by atoms with E-state index in [-0.39, 0.29) is 0 Å². The van der Waals surface area contributed by atoms with E-state index >= 15 is 0 Å². The van der Waals surface area contributed by atoms with E-state index in [0.29, 0.717) is 11.6 Å². The average Bonchev–Trinajstić information content (AvgIpc) is 0.759. The van der Waals surface area contributed by atoms with E-state index in [2.05, 4.69) is 253 Å². The highest BCUT2D eigenvalue weighted by Gasteiger charge is 2.20. The number of fused-ring (bicyclic) bond motifs is 7. The Balaban J connectivity index is 0.000000149. The van der Waals surface area contributed by atoms with Crippen LogP contribution in [0.4, 0.5) is 0 Å². The minimum atomic E-state index is 0.583. The second-order valence-corrected chi connectivity index (χ2v) is 25.5. The van der Waals surface area contributed by atoms with E-state index in [9.17, 15) is 0 Å². The zero-order valence-electron chi connectivity index (χ0n) is 56.1. The maximum Gasteiger partial charge on any atom is 0.179 e. The lowest BCUT2D eigenvalue weighted by Crippen LogP contribution is -1.97. The van der Waals surface area contributed by atoms with E-state index in [1.54, 1.807) is 12.4 Å². The first-order chi connectivity index (χ1) is 51.5. The zero-order chi connectivity index (χ0) is 69.1. The molecule has 0 radical (unpaired) electrons. The summed E-state index contributed by atoms with van der Waals surface area (Å²) in [4.78, 5) is 50.4. The van der Waals surface area contributed by atoms with Crippen LogP contribution in [-0.2, 0) is 0 Å². The molecule has 0 saturated carbocycles. The SMILES string of the molecule is c1ccc(-c2cc(-c3cccc(-c4cc(-c5ccccc5)nc5c4ccc4ccc(-c6ccccc6)nc45)c3)nc(-c3ccccn3)n2)cc1.c1ccc(-c2cc(-c3ccccn3)nc(-c3cccc(-c4cc(-c5ccccc5)nc5c4ccc4ccc(-c6ccc7ccccc7c6)nc45)c3)n2)cc1. The predicted octanol–water partition coefficient (Wildman–Crippen LogP) is 23.1. The molecule has 104 heavy (non-hydrogen) atoms. The van der Waals surface area contributed by atoms with Crippen LogP contribution >= 0.6 is 0 Å². The first kappa shape index (κ1) is 62.1. The van der Waals surface area contributed by atoms with Crippen LogP contribution in [0.5, 0.6) is 0 Å². The second kappa shape index (κ2) is 27.5. The van der Waals surface area contributed by atoms with Crippen LogP contribution in [0.15, 0.2) is 364 Å². The molecule has 8 aromatic heterocycles. The second-order valence-electron chi connectivity index (χ2n) is 25.5. The van der Waals surface area contributed by atoms with Gasteiger partial charge in [-0.05, 0) is 112 Å². The summed E-state index contributed by atoms with van der Waals surface area (Å²) in [6.45, 7) is 0. The van der Waals surface area contributed by atoms with Crippen molar-refractivity contribution in [3.8, 4) is 135 Å². The summed E-state index contributed by atoms with van der Waals surface area (Å²) in [5, 5.41) is 6.54. The number of rotatable bonds is 12. The molecule has 19 rings (SSSR count). The van der Waals surface area contributed by atoms with Gasteiger partial charge in [0.25, 0.3) is 0 Å². The summed E-state index contributed by atoms with van der Waals surface area (Å²) in [5.41, 5.74) is 24.3. The number of nitrogens with zero attached hydrogens (tertiary/aromatic N) is 10. The lowest BCUT2D eigenvalue weighted by Gasteiger charge is -2.14. The van der Waals surface area contributed by atoms with Gasteiger partial charge in [-0.2, -0.15) is 0 Å². The third kappa shape index (κ3) is 12.5. The smallest absolute Gasteiger partial charge is 0.179 e. The highest BCUT2D eigenvalue weighted by molar-refractivity contribution is 6.11. The van der Waals surface area contributed by atoms with Crippen LogP contribution < -0.4 is 0 Å². The van der Waals surface area contributed by atoms with Gasteiger partial charge in [0.1, 0.15) is 5.69 Å². The van der Waals surface area contributed by atoms with Gasteiger partial charge in [0, 0.05) is 78.4 Å². The summed E-state index contributed by atoms with van der Waals surface area (Å²) < 4.78 is 0. The van der Waals surface area contributed by atoms with Crippen molar-refractivity contribution in [3.05, 3.63) is 364 Å². The highest BCUT2D eigenvalue weighted by atomic mass is 14.9. The summed E-state index contributed by atoms with van der Waals surface area (Å²) in [5.74, 6) is 1.22. The molecule has 0 fully saturated rings. The monoisotopic (exact) mass is 1330 g/mol. The summed E-state index contributed by atoms with van der Waals surface area (Å²) in [6.07, 6.45) is 3.57. The fraction of sp³-hybridized carbons (Fsp3) is 0. The van der Waals surface area contributed by atoms with Crippen molar-refractivity contribution in [3.63, 3.8) is 0 Å². The Morgan fingerprint density at radius 2 is 0.510 bits per heavy atom. The summed E-state index contributed by atoms with van der Waals surface area (Å²) in [7, 11) is 0. The minimum Gasteiger partial charge on any atom is -0.255 e. The Bertz CT molecular complexity index is 6270. The van der Waals surface area contributed by atoms with Gasteiger partial charge >= 0.3 is 0 Å². The number of hydrogen-bond donors (Lipinski definition) is 0. The van der Waals surface area contributed by atoms with Crippen LogP contribution in [0.1, 0.15) is 0 Å². The molecule has 0 spiro atoms. The van der Waals surface area contributed by atoms with Crippen LogP contribution in [0.3, 0.4) is 0 Å². The van der Waals surface area contributed by atoms with E-state index in [4.69, 9.17) is 39.9 Å². The standard InChI is InChI=1S/C49H31N5.C45H29N5/c1-3-13-33(14-4-1)44-30-41(40-25-23-35-24-26-42(51-47(35)48(40)52-44)38-22-21-32-12-7-8-17-36(32)28-38)37-18-11-19-39(29-37)49-53-45(34-15-5-2-6-16-34)31-46(54-49)43-20-9-10-27-50-43;1-4-13-30(14-5-1)38-25-23-33-22-24-36-37(28-40(31-15-6-2-7-16-31)48-44(36)43(33)47-38)34-19-12-20-35(27-34)42-29-41(32-17-8-3-9-18-32)49-45(50-42)39-21-10-11-26-46-39/h1-31H;1-29H. The molecule has 0 unspecified atom stereocenters. The van der Waals surface area contributed by atoms with Crippen molar-refractivity contribution in [2.24, 2.45) is 0 Å². The molecule has 0 aliphatic heterocycles. The summed E-state index contributed by atoms with van der Waals surface area (Å²) >= 11 is 0. The third-order valence-corrected chi connectivity index (χ3v) is 18.8. The fourth-order valence-electron chi connectivity index (χ4n) is 13.6. The molecule has 10 heteroatoms. The van der Waals surface area contributed by atoms with Crippen LogP contribution in [-0.4, -0.2) is 49.8 Å². The average molecular weight is 1330 g/mol.